The van der Waals surface area contributed by atoms with Crippen molar-refractivity contribution in [3.63, 3.8) is 0 Å². The first-order valence-electron chi connectivity index (χ1n) is 7.73. The molecule has 0 aromatic carbocycles. The van der Waals surface area contributed by atoms with Crippen molar-refractivity contribution in [2.24, 2.45) is 7.05 Å². The molecule has 0 atom stereocenters. The van der Waals surface area contributed by atoms with Gasteiger partial charge in [-0.3, -0.25) is 4.79 Å². The van der Waals surface area contributed by atoms with E-state index in [9.17, 15) is 13.2 Å². The third-order valence-electron chi connectivity index (χ3n) is 3.98. The number of hydrogen-bond acceptors (Lipinski definition) is 5. The van der Waals surface area contributed by atoms with Gasteiger partial charge in [0, 0.05) is 37.4 Å². The summed E-state index contributed by atoms with van der Waals surface area (Å²) < 4.78 is 28.2. The van der Waals surface area contributed by atoms with Gasteiger partial charge in [0.25, 0.3) is 5.91 Å². The molecule has 1 saturated heterocycles. The van der Waals surface area contributed by atoms with Crippen molar-refractivity contribution in [3.8, 4) is 0 Å². The smallest absolute Gasteiger partial charge is 0.268 e. The maximum absolute atomic E-state index is 12.6. The summed E-state index contributed by atoms with van der Waals surface area (Å²) in [6, 6.07) is 1.44. The highest BCUT2D eigenvalue weighted by Crippen LogP contribution is 2.22. The first-order chi connectivity index (χ1) is 11.4. The van der Waals surface area contributed by atoms with Crippen LogP contribution in [0.2, 0.25) is 0 Å². The number of rotatable bonds is 5. The molecule has 0 radical (unpaired) electrons. The Morgan fingerprint density at radius 1 is 1.38 bits per heavy atom. The molecule has 0 unspecified atom stereocenters. The molecule has 130 valence electrons. The van der Waals surface area contributed by atoms with Crippen molar-refractivity contribution in [3.05, 3.63) is 34.0 Å². The molecule has 0 saturated carbocycles. The van der Waals surface area contributed by atoms with Gasteiger partial charge in [-0.15, -0.1) is 11.3 Å². The predicted molar refractivity (Wildman–Crippen MR) is 91.4 cm³/mol. The summed E-state index contributed by atoms with van der Waals surface area (Å²) in [6.07, 6.45) is 3.26. The zero-order chi connectivity index (χ0) is 17.3. The molecule has 0 bridgehead atoms. The van der Waals surface area contributed by atoms with Crippen molar-refractivity contribution < 1.29 is 13.2 Å². The van der Waals surface area contributed by atoms with E-state index >= 15 is 0 Å². The van der Waals surface area contributed by atoms with E-state index in [1.165, 1.54) is 27.9 Å². The first kappa shape index (κ1) is 17.1. The van der Waals surface area contributed by atoms with Gasteiger partial charge in [-0.05, 0) is 25.8 Å². The Morgan fingerprint density at radius 2 is 2.08 bits per heavy atom. The van der Waals surface area contributed by atoms with Crippen molar-refractivity contribution >= 4 is 27.3 Å². The molecule has 7 nitrogen and oxygen atoms in total. The van der Waals surface area contributed by atoms with Gasteiger partial charge >= 0.3 is 0 Å². The number of thiazole rings is 1. The van der Waals surface area contributed by atoms with Crippen LogP contribution < -0.4 is 5.32 Å². The average Bonchev–Trinajstić information content (AvgIpc) is 3.25. The fraction of sp³-hybridized carbons (Fsp3) is 0.467. The second-order valence-corrected chi connectivity index (χ2v) is 8.73. The molecule has 24 heavy (non-hydrogen) atoms. The fourth-order valence-corrected chi connectivity index (χ4v) is 5.01. The topological polar surface area (TPSA) is 84.3 Å². The third-order valence-corrected chi connectivity index (χ3v) is 6.81. The van der Waals surface area contributed by atoms with E-state index in [0.717, 1.165) is 23.5 Å². The van der Waals surface area contributed by atoms with E-state index in [1.54, 1.807) is 11.6 Å². The normalized spacial score (nSPS) is 15.8. The standard InChI is InChI=1S/C15H20N4O3S2/c1-11-10-23-14(17-11)8-16-15(20)13-7-12(9-18(13)2)24(21,22)19-5-3-4-6-19/h7,9-10H,3-6,8H2,1-2H3,(H,16,20). The Hall–Kier alpha value is -1.71. The number of carbonyl (C=O) groups is 1. The lowest BCUT2D eigenvalue weighted by Crippen LogP contribution is -2.27. The predicted octanol–water partition coefficient (Wildman–Crippen LogP) is 1.50. The first-order valence-corrected chi connectivity index (χ1v) is 10.1. The third kappa shape index (κ3) is 3.38. The molecular weight excluding hydrogens is 348 g/mol. The highest BCUT2D eigenvalue weighted by atomic mass is 32.2. The fourth-order valence-electron chi connectivity index (χ4n) is 2.71. The van der Waals surface area contributed by atoms with Crippen LogP contribution in [-0.4, -0.2) is 41.3 Å². The summed E-state index contributed by atoms with van der Waals surface area (Å²) in [5.74, 6) is -0.312. The van der Waals surface area contributed by atoms with Gasteiger partial charge in [0.05, 0.1) is 6.54 Å². The van der Waals surface area contributed by atoms with Crippen LogP contribution in [-0.2, 0) is 23.6 Å². The van der Waals surface area contributed by atoms with Crippen LogP contribution in [0.4, 0.5) is 0 Å². The minimum absolute atomic E-state index is 0.169. The van der Waals surface area contributed by atoms with Gasteiger partial charge in [-0.1, -0.05) is 0 Å². The number of sulfonamides is 1. The zero-order valence-corrected chi connectivity index (χ0v) is 15.3. The van der Waals surface area contributed by atoms with Crippen LogP contribution in [0.5, 0.6) is 0 Å². The van der Waals surface area contributed by atoms with Gasteiger partial charge in [-0.2, -0.15) is 4.31 Å². The molecule has 0 aliphatic carbocycles. The zero-order valence-electron chi connectivity index (χ0n) is 13.7. The van der Waals surface area contributed by atoms with Crippen molar-refractivity contribution in [2.45, 2.75) is 31.2 Å². The van der Waals surface area contributed by atoms with Crippen LogP contribution in [0, 0.1) is 6.92 Å². The van der Waals surface area contributed by atoms with Gasteiger partial charge < -0.3 is 9.88 Å². The van der Waals surface area contributed by atoms with Crippen molar-refractivity contribution in [1.82, 2.24) is 19.2 Å². The largest absolute Gasteiger partial charge is 0.345 e. The Morgan fingerprint density at radius 3 is 2.71 bits per heavy atom. The minimum Gasteiger partial charge on any atom is -0.345 e. The Labute approximate surface area is 145 Å². The van der Waals surface area contributed by atoms with Crippen LogP contribution in [0.3, 0.4) is 0 Å². The van der Waals surface area contributed by atoms with Crippen LogP contribution in [0.1, 0.15) is 34.0 Å². The molecule has 1 aliphatic heterocycles. The molecule has 3 heterocycles. The second kappa shape index (κ2) is 6.66. The van der Waals surface area contributed by atoms with E-state index in [0.29, 0.717) is 25.3 Å². The quantitative estimate of drug-likeness (QED) is 0.867. The minimum atomic E-state index is -3.52. The van der Waals surface area contributed by atoms with E-state index in [2.05, 4.69) is 10.3 Å². The summed E-state index contributed by atoms with van der Waals surface area (Å²) in [6.45, 7) is 3.32. The average molecular weight is 368 g/mol. The van der Waals surface area contributed by atoms with Gasteiger partial charge in [0.15, 0.2) is 0 Å². The molecule has 1 N–H and O–H groups in total. The van der Waals surface area contributed by atoms with Gasteiger partial charge in [0.1, 0.15) is 15.6 Å². The molecule has 1 amide bonds. The number of aromatic nitrogens is 2. The maximum Gasteiger partial charge on any atom is 0.268 e. The SMILES string of the molecule is Cc1csc(CNC(=O)c2cc(S(=O)(=O)N3CCCC3)cn2C)n1. The van der Waals surface area contributed by atoms with E-state index < -0.39 is 10.0 Å². The van der Waals surface area contributed by atoms with E-state index in [-0.39, 0.29) is 10.8 Å². The highest BCUT2D eigenvalue weighted by molar-refractivity contribution is 7.89. The Balaban J connectivity index is 1.74. The number of nitrogens with zero attached hydrogens (tertiary/aromatic N) is 3. The molecule has 9 heteroatoms. The van der Waals surface area contributed by atoms with Gasteiger partial charge in [0.2, 0.25) is 10.0 Å². The highest BCUT2D eigenvalue weighted by Gasteiger charge is 2.29. The summed E-state index contributed by atoms with van der Waals surface area (Å²) in [5.41, 5.74) is 1.24. The van der Waals surface area contributed by atoms with Gasteiger partial charge in [-0.25, -0.2) is 13.4 Å². The van der Waals surface area contributed by atoms with Crippen molar-refractivity contribution in [1.29, 1.82) is 0 Å². The number of hydrogen-bond donors (Lipinski definition) is 1. The Bertz CT molecular complexity index is 848. The summed E-state index contributed by atoms with van der Waals surface area (Å²) in [5, 5.41) is 5.52. The lowest BCUT2D eigenvalue weighted by molar-refractivity contribution is 0.0942. The number of amides is 1. The molecule has 0 spiro atoms. The molecule has 2 aromatic rings. The lowest BCUT2D eigenvalue weighted by Gasteiger charge is -2.13. The monoisotopic (exact) mass is 368 g/mol. The van der Waals surface area contributed by atoms with Crippen LogP contribution in [0.25, 0.3) is 0 Å². The Kier molecular flexibility index (Phi) is 4.75. The number of nitrogens with one attached hydrogen (secondary N) is 1. The molecule has 1 fully saturated rings. The van der Waals surface area contributed by atoms with Crippen LogP contribution in [0.15, 0.2) is 22.5 Å². The summed E-state index contributed by atoms with van der Waals surface area (Å²) in [7, 11) is -1.84. The number of aryl methyl sites for hydroxylation is 2. The second-order valence-electron chi connectivity index (χ2n) is 5.85. The molecular formula is C15H20N4O3S2. The number of carbonyl (C=O) groups excluding carboxylic acids is 1. The van der Waals surface area contributed by atoms with E-state index in [1.807, 2.05) is 12.3 Å². The summed E-state index contributed by atoms with van der Waals surface area (Å²) >= 11 is 1.48. The van der Waals surface area contributed by atoms with E-state index in [4.69, 9.17) is 0 Å². The van der Waals surface area contributed by atoms with Crippen molar-refractivity contribution in [2.75, 3.05) is 13.1 Å². The molecule has 2 aromatic heterocycles. The summed E-state index contributed by atoms with van der Waals surface area (Å²) in [4.78, 5) is 16.8. The molecule has 1 aliphatic rings. The maximum atomic E-state index is 12.6. The van der Waals surface area contributed by atoms with Crippen LogP contribution >= 0.6 is 11.3 Å². The molecule has 3 rings (SSSR count). The lowest BCUT2D eigenvalue weighted by atomic mass is 10.4.